The molecular weight excluding hydrogens is 332 g/mol. The molecule has 0 spiro atoms. The Bertz CT molecular complexity index is 644. The van der Waals surface area contributed by atoms with Gasteiger partial charge in [-0.05, 0) is 12.5 Å². The zero-order chi connectivity index (χ0) is 18.1. The topological polar surface area (TPSA) is 118 Å². The number of allylic oxidation sites excluding steroid dienone is 1. The van der Waals surface area contributed by atoms with Crippen molar-refractivity contribution in [2.24, 2.45) is 0 Å². The van der Waals surface area contributed by atoms with E-state index < -0.39 is 37.1 Å². The van der Waals surface area contributed by atoms with Crippen LogP contribution in [-0.2, 0) is 11.2 Å². The fourth-order valence-corrected chi connectivity index (χ4v) is 3.25. The van der Waals surface area contributed by atoms with Gasteiger partial charge in [-0.15, -0.1) is 6.58 Å². The summed E-state index contributed by atoms with van der Waals surface area (Å²) in [6.45, 7) is 3.20. The summed E-state index contributed by atoms with van der Waals surface area (Å²) in [6, 6.07) is 1.76. The maximum Gasteiger partial charge on any atom is 0.231 e. The van der Waals surface area contributed by atoms with Crippen LogP contribution in [0.4, 0.5) is 0 Å². The fourth-order valence-electron chi connectivity index (χ4n) is 3.25. The van der Waals surface area contributed by atoms with Crippen LogP contribution in [0.5, 0.6) is 17.2 Å². The van der Waals surface area contributed by atoms with Gasteiger partial charge in [-0.2, -0.15) is 0 Å². The smallest absolute Gasteiger partial charge is 0.231 e. The lowest BCUT2D eigenvalue weighted by molar-refractivity contribution is -0.232. The molecule has 5 atom stereocenters. The van der Waals surface area contributed by atoms with Gasteiger partial charge in [-0.25, -0.2) is 0 Å². The van der Waals surface area contributed by atoms with Crippen LogP contribution in [0.1, 0.15) is 17.2 Å². The van der Waals surface area contributed by atoms with Gasteiger partial charge >= 0.3 is 0 Å². The Labute approximate surface area is 144 Å². The Kier molecular flexibility index (Phi) is 5.16. The molecule has 0 unspecified atom stereocenters. The zero-order valence-corrected chi connectivity index (χ0v) is 13.8. The Morgan fingerprint density at radius 3 is 2.64 bits per heavy atom. The molecule has 1 fully saturated rings. The van der Waals surface area contributed by atoms with Crippen LogP contribution in [0.15, 0.2) is 18.7 Å². The number of aliphatic hydroxyl groups is 4. The molecule has 2 heterocycles. The summed E-state index contributed by atoms with van der Waals surface area (Å²) in [5.74, 6) is 1.21. The van der Waals surface area contributed by atoms with Gasteiger partial charge in [-0.3, -0.25) is 0 Å². The predicted octanol–water partition coefficient (Wildman–Crippen LogP) is -0.333. The lowest BCUT2D eigenvalue weighted by Gasteiger charge is -2.40. The van der Waals surface area contributed by atoms with Crippen molar-refractivity contribution < 1.29 is 39.4 Å². The minimum Gasteiger partial charge on any atom is -0.496 e. The summed E-state index contributed by atoms with van der Waals surface area (Å²) >= 11 is 0. The molecule has 2 aliphatic heterocycles. The molecule has 0 amide bonds. The predicted molar refractivity (Wildman–Crippen MR) is 85.7 cm³/mol. The first-order valence-electron chi connectivity index (χ1n) is 7.94. The second-order valence-corrected chi connectivity index (χ2v) is 5.96. The average Bonchev–Trinajstić information content (AvgIpc) is 3.07. The van der Waals surface area contributed by atoms with Gasteiger partial charge in [0.05, 0.1) is 19.3 Å². The summed E-state index contributed by atoms with van der Waals surface area (Å²) < 4.78 is 22.1. The number of hydrogen-bond acceptors (Lipinski definition) is 8. The molecule has 2 aliphatic rings. The first-order chi connectivity index (χ1) is 12.0. The van der Waals surface area contributed by atoms with Crippen molar-refractivity contribution >= 4 is 0 Å². The van der Waals surface area contributed by atoms with Gasteiger partial charge in [0.2, 0.25) is 6.79 Å². The summed E-state index contributed by atoms with van der Waals surface area (Å²) in [4.78, 5) is 0. The van der Waals surface area contributed by atoms with Crippen LogP contribution in [0.25, 0.3) is 0 Å². The Balaban J connectivity index is 2.13. The van der Waals surface area contributed by atoms with Crippen molar-refractivity contribution in [2.45, 2.75) is 36.9 Å². The van der Waals surface area contributed by atoms with E-state index in [1.54, 1.807) is 12.1 Å². The van der Waals surface area contributed by atoms with E-state index in [0.717, 1.165) is 5.56 Å². The fraction of sp³-hybridized carbons (Fsp3) is 0.529. The molecule has 8 heteroatoms. The lowest BCUT2D eigenvalue weighted by Crippen LogP contribution is -2.55. The first-order valence-corrected chi connectivity index (χ1v) is 7.94. The molecule has 0 aromatic heterocycles. The van der Waals surface area contributed by atoms with Crippen LogP contribution < -0.4 is 14.2 Å². The van der Waals surface area contributed by atoms with E-state index in [9.17, 15) is 20.4 Å². The number of rotatable bonds is 5. The highest BCUT2D eigenvalue weighted by molar-refractivity contribution is 5.61. The summed E-state index contributed by atoms with van der Waals surface area (Å²) in [5.41, 5.74) is 1.11. The quantitative estimate of drug-likeness (QED) is 0.531. The molecule has 0 bridgehead atoms. The van der Waals surface area contributed by atoms with Gasteiger partial charge < -0.3 is 39.4 Å². The number of benzene rings is 1. The number of methoxy groups -OCH3 is 1. The van der Waals surface area contributed by atoms with E-state index in [0.29, 0.717) is 29.2 Å². The highest BCUT2D eigenvalue weighted by Crippen LogP contribution is 2.50. The van der Waals surface area contributed by atoms with Crippen LogP contribution >= 0.6 is 0 Å². The maximum atomic E-state index is 10.5. The standard InChI is InChI=1S/C17H22O8/c1-3-4-8-5-9-16(24-7-23-9)11(15(8)22-2)17-14(21)13(20)12(19)10(6-18)25-17/h3,5,10,12-14,17-21H,1,4,6-7H2,2H3/t10-,12-,13+,14-,17+/m1/s1. The molecule has 0 aliphatic carbocycles. The molecule has 1 saturated heterocycles. The minimum absolute atomic E-state index is 0.000449. The van der Waals surface area contributed by atoms with Crippen molar-refractivity contribution in [2.75, 3.05) is 20.5 Å². The van der Waals surface area contributed by atoms with Crippen molar-refractivity contribution in [1.82, 2.24) is 0 Å². The molecule has 25 heavy (non-hydrogen) atoms. The molecule has 4 N–H and O–H groups in total. The van der Waals surface area contributed by atoms with Crippen LogP contribution in [0.3, 0.4) is 0 Å². The van der Waals surface area contributed by atoms with Gasteiger partial charge in [0, 0.05) is 5.56 Å². The average molecular weight is 354 g/mol. The third-order valence-corrected chi connectivity index (χ3v) is 4.47. The zero-order valence-electron chi connectivity index (χ0n) is 13.8. The van der Waals surface area contributed by atoms with Gasteiger partial charge in [0.1, 0.15) is 36.3 Å². The third-order valence-electron chi connectivity index (χ3n) is 4.47. The molecule has 138 valence electrons. The molecule has 1 aromatic carbocycles. The first kappa shape index (κ1) is 18.0. The van der Waals surface area contributed by atoms with E-state index in [4.69, 9.17) is 18.9 Å². The Morgan fingerprint density at radius 2 is 2.00 bits per heavy atom. The van der Waals surface area contributed by atoms with E-state index in [2.05, 4.69) is 6.58 Å². The van der Waals surface area contributed by atoms with Gasteiger partial charge in [0.15, 0.2) is 11.5 Å². The second-order valence-electron chi connectivity index (χ2n) is 5.96. The van der Waals surface area contributed by atoms with Crippen molar-refractivity contribution in [1.29, 1.82) is 0 Å². The molecule has 0 radical (unpaired) electrons. The number of hydrogen-bond donors (Lipinski definition) is 4. The molecule has 1 aromatic rings. The summed E-state index contributed by atoms with van der Waals surface area (Å²) in [6.07, 6.45) is -4.33. The second kappa shape index (κ2) is 7.19. The van der Waals surface area contributed by atoms with Crippen LogP contribution in [0, 0.1) is 0 Å². The van der Waals surface area contributed by atoms with Crippen LogP contribution in [0.2, 0.25) is 0 Å². The number of ether oxygens (including phenoxy) is 4. The maximum absolute atomic E-state index is 10.5. The largest absolute Gasteiger partial charge is 0.496 e. The van der Waals surface area contributed by atoms with E-state index in [-0.39, 0.29) is 6.79 Å². The molecule has 8 nitrogen and oxygen atoms in total. The summed E-state index contributed by atoms with van der Waals surface area (Å²) in [5, 5.41) is 39.9. The van der Waals surface area contributed by atoms with E-state index in [1.165, 1.54) is 7.11 Å². The van der Waals surface area contributed by atoms with Crippen LogP contribution in [-0.4, -0.2) is 65.4 Å². The Hall–Kier alpha value is -1.84. The highest BCUT2D eigenvalue weighted by Gasteiger charge is 2.47. The highest BCUT2D eigenvalue weighted by atomic mass is 16.7. The lowest BCUT2D eigenvalue weighted by atomic mass is 9.89. The summed E-state index contributed by atoms with van der Waals surface area (Å²) in [7, 11) is 1.47. The monoisotopic (exact) mass is 354 g/mol. The van der Waals surface area contributed by atoms with Crippen molar-refractivity contribution in [3.8, 4) is 17.2 Å². The Morgan fingerprint density at radius 1 is 1.24 bits per heavy atom. The molecular formula is C17H22O8. The van der Waals surface area contributed by atoms with Crippen molar-refractivity contribution in [3.05, 3.63) is 29.8 Å². The van der Waals surface area contributed by atoms with E-state index in [1.807, 2.05) is 0 Å². The van der Waals surface area contributed by atoms with E-state index >= 15 is 0 Å². The molecule has 0 saturated carbocycles. The number of aliphatic hydroxyl groups excluding tert-OH is 4. The van der Waals surface area contributed by atoms with Gasteiger partial charge in [0.25, 0.3) is 0 Å². The molecule has 3 rings (SSSR count). The van der Waals surface area contributed by atoms with Crippen molar-refractivity contribution in [3.63, 3.8) is 0 Å². The normalized spacial score (nSPS) is 31.0. The SMILES string of the molecule is C=CCc1cc2c(c([C@@H]3O[C@H](CO)[C@@H](O)[C@H](O)[C@H]3O)c1OC)OCO2. The van der Waals surface area contributed by atoms with Gasteiger partial charge in [-0.1, -0.05) is 6.08 Å². The third kappa shape index (κ3) is 2.96. The minimum atomic E-state index is -1.50. The number of fused-ring (bicyclic) bond motifs is 1.